The largest absolute Gasteiger partial charge is 0.495 e. The van der Waals surface area contributed by atoms with Crippen LogP contribution in [-0.4, -0.2) is 28.7 Å². The van der Waals surface area contributed by atoms with E-state index < -0.39 is 0 Å². The van der Waals surface area contributed by atoms with Crippen molar-refractivity contribution in [2.75, 3.05) is 17.7 Å². The smallest absolute Gasteiger partial charge is 0.276 e. The van der Waals surface area contributed by atoms with Crippen LogP contribution in [0, 0.1) is 0 Å². The Morgan fingerprint density at radius 1 is 1.10 bits per heavy atom. The topological polar surface area (TPSA) is 85.2 Å². The Hall–Kier alpha value is -3.32. The van der Waals surface area contributed by atoms with E-state index in [1.807, 2.05) is 24.3 Å². The fraction of sp³-hybridized carbons (Fsp3) is 0.261. The second-order valence-corrected chi connectivity index (χ2v) is 7.80. The molecule has 1 aliphatic rings. The predicted molar refractivity (Wildman–Crippen MR) is 120 cm³/mol. The maximum absolute atomic E-state index is 13.3. The number of benzene rings is 2. The van der Waals surface area contributed by atoms with Crippen LogP contribution >= 0.6 is 11.6 Å². The van der Waals surface area contributed by atoms with E-state index in [0.29, 0.717) is 27.8 Å². The summed E-state index contributed by atoms with van der Waals surface area (Å²) < 4.78 is 7.16. The molecule has 1 heterocycles. The van der Waals surface area contributed by atoms with E-state index in [9.17, 15) is 9.59 Å². The van der Waals surface area contributed by atoms with Gasteiger partial charge in [-0.1, -0.05) is 23.7 Å². The van der Waals surface area contributed by atoms with E-state index in [1.165, 1.54) is 14.0 Å². The molecule has 3 aromatic rings. The monoisotopic (exact) mass is 438 g/mol. The predicted octanol–water partition coefficient (Wildman–Crippen LogP) is 4.62. The second-order valence-electron chi connectivity index (χ2n) is 7.39. The molecule has 0 saturated heterocycles. The molecule has 0 aliphatic heterocycles. The number of nitrogens with one attached hydrogen (secondary N) is 2. The minimum atomic E-state index is -0.331. The van der Waals surface area contributed by atoms with Gasteiger partial charge in [-0.15, -0.1) is 0 Å². The van der Waals surface area contributed by atoms with Gasteiger partial charge in [-0.2, -0.15) is 5.10 Å². The van der Waals surface area contributed by atoms with Crippen molar-refractivity contribution in [3.05, 3.63) is 64.4 Å². The van der Waals surface area contributed by atoms with Gasteiger partial charge in [-0.05, 0) is 56.0 Å². The number of anilines is 2. The number of halogens is 1. The van der Waals surface area contributed by atoms with E-state index in [4.69, 9.17) is 16.3 Å². The Kier molecular flexibility index (Phi) is 5.95. The molecular formula is C23H23ClN4O3. The zero-order chi connectivity index (χ0) is 22.0. The lowest BCUT2D eigenvalue weighted by molar-refractivity contribution is -0.114. The Morgan fingerprint density at radius 3 is 2.61 bits per heavy atom. The number of aromatic nitrogens is 2. The molecule has 160 valence electrons. The molecule has 1 aromatic heterocycles. The van der Waals surface area contributed by atoms with Crippen LogP contribution in [0.1, 0.15) is 41.5 Å². The highest BCUT2D eigenvalue weighted by molar-refractivity contribution is 6.32. The highest BCUT2D eigenvalue weighted by atomic mass is 35.5. The van der Waals surface area contributed by atoms with Crippen molar-refractivity contribution >= 4 is 34.8 Å². The zero-order valence-electron chi connectivity index (χ0n) is 17.4. The van der Waals surface area contributed by atoms with E-state index in [0.717, 1.165) is 42.6 Å². The summed E-state index contributed by atoms with van der Waals surface area (Å²) in [6.07, 6.45) is 3.66. The van der Waals surface area contributed by atoms with Crippen molar-refractivity contribution in [1.82, 2.24) is 9.78 Å². The second kappa shape index (κ2) is 8.81. The number of hydrogen-bond donors (Lipinski definition) is 2. The van der Waals surface area contributed by atoms with E-state index in [-0.39, 0.29) is 11.8 Å². The molecule has 31 heavy (non-hydrogen) atoms. The van der Waals surface area contributed by atoms with Gasteiger partial charge < -0.3 is 15.4 Å². The molecule has 7 nitrogen and oxygen atoms in total. The van der Waals surface area contributed by atoms with Crippen LogP contribution in [0.5, 0.6) is 5.75 Å². The lowest BCUT2D eigenvalue weighted by atomic mass is 9.95. The highest BCUT2D eigenvalue weighted by Gasteiger charge is 2.26. The van der Waals surface area contributed by atoms with Gasteiger partial charge >= 0.3 is 0 Å². The standard InChI is InChI=1S/C23H23ClN4O3/c1-14(29)25-15-11-12-21(31-2)18(13-15)26-23(30)22-16-7-3-5-9-19(16)28(27-22)20-10-6-4-8-17(20)24/h4,6,8,10-13H,3,5,7,9H2,1-2H3,(H,25,29)(H,26,30). The van der Waals surface area contributed by atoms with Gasteiger partial charge in [0.15, 0.2) is 5.69 Å². The Morgan fingerprint density at radius 2 is 1.87 bits per heavy atom. The lowest BCUT2D eigenvalue weighted by Crippen LogP contribution is -2.16. The fourth-order valence-corrected chi connectivity index (χ4v) is 4.09. The number of amides is 2. The highest BCUT2D eigenvalue weighted by Crippen LogP contribution is 2.32. The summed E-state index contributed by atoms with van der Waals surface area (Å²) >= 11 is 6.41. The Labute approximate surface area is 185 Å². The average molecular weight is 439 g/mol. The summed E-state index contributed by atoms with van der Waals surface area (Å²) in [5.41, 5.74) is 4.11. The minimum absolute atomic E-state index is 0.199. The van der Waals surface area contributed by atoms with E-state index in [2.05, 4.69) is 15.7 Å². The first-order valence-corrected chi connectivity index (χ1v) is 10.5. The van der Waals surface area contributed by atoms with Crippen molar-refractivity contribution in [3.8, 4) is 11.4 Å². The molecular weight excluding hydrogens is 416 g/mol. The first kappa shape index (κ1) is 20.9. The number of rotatable bonds is 5. The number of carbonyl (C=O) groups excluding carboxylic acids is 2. The molecule has 1 aliphatic carbocycles. The van der Waals surface area contributed by atoms with Crippen molar-refractivity contribution in [2.45, 2.75) is 32.6 Å². The maximum Gasteiger partial charge on any atom is 0.276 e. The first-order valence-electron chi connectivity index (χ1n) is 10.1. The summed E-state index contributed by atoms with van der Waals surface area (Å²) in [6, 6.07) is 12.5. The molecule has 4 rings (SSSR count). The zero-order valence-corrected chi connectivity index (χ0v) is 18.1. The van der Waals surface area contributed by atoms with Crippen LogP contribution in [0.25, 0.3) is 5.69 Å². The number of fused-ring (bicyclic) bond motifs is 1. The number of para-hydroxylation sites is 1. The van der Waals surface area contributed by atoms with E-state index >= 15 is 0 Å². The van der Waals surface area contributed by atoms with Crippen molar-refractivity contribution in [2.24, 2.45) is 0 Å². The molecule has 0 radical (unpaired) electrons. The summed E-state index contributed by atoms with van der Waals surface area (Å²) in [5.74, 6) is -0.0425. The molecule has 2 aromatic carbocycles. The van der Waals surface area contributed by atoms with Gasteiger partial charge in [-0.3, -0.25) is 9.59 Å². The minimum Gasteiger partial charge on any atom is -0.495 e. The molecule has 2 amide bonds. The lowest BCUT2D eigenvalue weighted by Gasteiger charge is -2.15. The van der Waals surface area contributed by atoms with Crippen LogP contribution in [0.2, 0.25) is 5.02 Å². The summed E-state index contributed by atoms with van der Waals surface area (Å²) in [4.78, 5) is 24.6. The van der Waals surface area contributed by atoms with Gasteiger partial charge in [0.2, 0.25) is 5.91 Å². The quantitative estimate of drug-likeness (QED) is 0.608. The van der Waals surface area contributed by atoms with E-state index in [1.54, 1.807) is 22.9 Å². The number of ether oxygens (including phenoxy) is 1. The summed E-state index contributed by atoms with van der Waals surface area (Å²) in [6.45, 7) is 1.43. The SMILES string of the molecule is COc1ccc(NC(C)=O)cc1NC(=O)c1nn(-c2ccccc2Cl)c2c1CCCC2. The van der Waals surface area contributed by atoms with Gasteiger partial charge in [0.25, 0.3) is 5.91 Å². The normalized spacial score (nSPS) is 12.7. The molecule has 0 atom stereocenters. The third kappa shape index (κ3) is 4.27. The molecule has 8 heteroatoms. The number of carbonyl (C=O) groups is 2. The van der Waals surface area contributed by atoms with Crippen molar-refractivity contribution < 1.29 is 14.3 Å². The molecule has 0 unspecified atom stereocenters. The average Bonchev–Trinajstić information content (AvgIpc) is 3.14. The van der Waals surface area contributed by atoms with Crippen molar-refractivity contribution in [1.29, 1.82) is 0 Å². The molecule has 0 bridgehead atoms. The van der Waals surface area contributed by atoms with Crippen LogP contribution in [0.3, 0.4) is 0 Å². The van der Waals surface area contributed by atoms with Gasteiger partial charge in [0.05, 0.1) is 23.5 Å². The Bertz CT molecular complexity index is 1160. The van der Waals surface area contributed by atoms with Gasteiger partial charge in [-0.25, -0.2) is 4.68 Å². The van der Waals surface area contributed by atoms with Gasteiger partial charge in [0.1, 0.15) is 5.75 Å². The number of hydrogen-bond acceptors (Lipinski definition) is 4. The molecule has 0 spiro atoms. The van der Waals surface area contributed by atoms with Crippen LogP contribution in [-0.2, 0) is 17.6 Å². The third-order valence-electron chi connectivity index (χ3n) is 5.24. The van der Waals surface area contributed by atoms with Gasteiger partial charge in [0, 0.05) is 23.9 Å². The summed E-state index contributed by atoms with van der Waals surface area (Å²) in [7, 11) is 1.52. The third-order valence-corrected chi connectivity index (χ3v) is 5.56. The van der Waals surface area contributed by atoms with Crippen LogP contribution < -0.4 is 15.4 Å². The van der Waals surface area contributed by atoms with Crippen LogP contribution in [0.4, 0.5) is 11.4 Å². The molecule has 2 N–H and O–H groups in total. The fourth-order valence-electron chi connectivity index (χ4n) is 3.87. The first-order chi connectivity index (χ1) is 15.0. The molecule has 0 fully saturated rings. The Balaban J connectivity index is 1.72. The maximum atomic E-state index is 13.3. The number of nitrogens with zero attached hydrogens (tertiary/aromatic N) is 2. The van der Waals surface area contributed by atoms with Crippen LogP contribution in [0.15, 0.2) is 42.5 Å². The molecule has 0 saturated carbocycles. The number of methoxy groups -OCH3 is 1. The summed E-state index contributed by atoms with van der Waals surface area (Å²) in [5, 5.41) is 10.8. The van der Waals surface area contributed by atoms with Crippen molar-refractivity contribution in [3.63, 3.8) is 0 Å².